The summed E-state index contributed by atoms with van der Waals surface area (Å²) in [5.74, 6) is -0.322. The Morgan fingerprint density at radius 3 is 1.60 bits per heavy atom. The van der Waals surface area contributed by atoms with Crippen LogP contribution >= 0.6 is 34.9 Å². The Hall–Kier alpha value is -3.42. The van der Waals surface area contributed by atoms with Gasteiger partial charge in [-0.15, -0.1) is 10.2 Å². The number of hydrogen-bond donors (Lipinski definition) is 4. The van der Waals surface area contributed by atoms with Crippen LogP contribution in [0.25, 0.3) is 0 Å². The van der Waals surface area contributed by atoms with Crippen LogP contribution in [-0.2, 0) is 9.59 Å². The molecule has 0 spiro atoms. The first-order valence-corrected chi connectivity index (χ1v) is 12.9. The van der Waals surface area contributed by atoms with E-state index in [2.05, 4.69) is 31.3 Å². The van der Waals surface area contributed by atoms with Gasteiger partial charge in [0.15, 0.2) is 8.68 Å². The fourth-order valence-electron chi connectivity index (χ4n) is 2.60. The van der Waals surface area contributed by atoms with Gasteiger partial charge in [-0.1, -0.05) is 59.1 Å². The molecule has 1 heterocycles. The molecular weight excluding hydrogens is 508 g/mol. The highest BCUT2D eigenvalue weighted by atomic mass is 32.2. The Bertz CT molecular complexity index is 1170. The number of rotatable bonds is 10. The van der Waals surface area contributed by atoms with Gasteiger partial charge in [-0.2, -0.15) is 10.2 Å². The summed E-state index contributed by atoms with van der Waals surface area (Å²) in [6.07, 6.45) is 0. The molecule has 2 aromatic carbocycles. The molecule has 0 atom stereocenters. The van der Waals surface area contributed by atoms with Gasteiger partial charge in [-0.3, -0.25) is 9.59 Å². The molecule has 0 saturated carbocycles. The topological polar surface area (TPSA) is 149 Å². The second-order valence-corrected chi connectivity index (χ2v) is 10.3. The summed E-state index contributed by atoms with van der Waals surface area (Å²) in [5, 5.41) is 35.7. The third kappa shape index (κ3) is 8.09. The minimum atomic E-state index is -0.328. The van der Waals surface area contributed by atoms with Gasteiger partial charge in [0.05, 0.1) is 22.9 Å². The molecule has 0 aliphatic carbocycles. The number of nitrogens with one attached hydrogen (secondary N) is 2. The molecule has 0 radical (unpaired) electrons. The van der Waals surface area contributed by atoms with E-state index in [0.717, 1.165) is 0 Å². The second-order valence-electron chi connectivity index (χ2n) is 6.91. The van der Waals surface area contributed by atoms with Crippen molar-refractivity contribution in [2.75, 3.05) is 11.5 Å². The van der Waals surface area contributed by atoms with Crippen molar-refractivity contribution >= 4 is 58.1 Å². The molecule has 1 aromatic heterocycles. The lowest BCUT2D eigenvalue weighted by Crippen LogP contribution is -2.21. The number of phenolic OH excluding ortho intramolecular Hbond substituents is 2. The van der Waals surface area contributed by atoms with Crippen LogP contribution in [0.3, 0.4) is 0 Å². The van der Waals surface area contributed by atoms with Gasteiger partial charge in [0.25, 0.3) is 11.8 Å². The minimum Gasteiger partial charge on any atom is -0.507 e. The standard InChI is InChI=1S/C22H22N6O4S3/c1-13(15-7-3-5-9-17(15)29)23-25-19(31)11-33-21-27-28-22(35-21)34-12-20(32)26-24-14(2)16-8-4-6-10-18(16)30/h3-10,29-30H,11-12H2,1-2H3,(H,25,31)(H,26,32)/b23-13-,24-14-. The van der Waals surface area contributed by atoms with E-state index in [0.29, 0.717) is 31.2 Å². The number of hydrazone groups is 2. The fraction of sp³-hybridized carbons (Fsp3) is 0.182. The Morgan fingerprint density at radius 1 is 0.800 bits per heavy atom. The number of carbonyl (C=O) groups is 2. The van der Waals surface area contributed by atoms with Crippen LogP contribution in [0.15, 0.2) is 67.4 Å². The average molecular weight is 531 g/mol. The van der Waals surface area contributed by atoms with E-state index in [9.17, 15) is 19.8 Å². The van der Waals surface area contributed by atoms with Gasteiger partial charge < -0.3 is 10.2 Å². The summed E-state index contributed by atoms with van der Waals surface area (Å²) in [4.78, 5) is 24.2. The summed E-state index contributed by atoms with van der Waals surface area (Å²) in [5.41, 5.74) is 6.94. The van der Waals surface area contributed by atoms with Crippen LogP contribution in [-0.4, -0.2) is 55.2 Å². The van der Waals surface area contributed by atoms with Crippen LogP contribution in [0.4, 0.5) is 0 Å². The predicted octanol–water partition coefficient (Wildman–Crippen LogP) is 3.21. The van der Waals surface area contributed by atoms with Gasteiger partial charge in [-0.05, 0) is 38.1 Å². The Morgan fingerprint density at radius 2 is 1.20 bits per heavy atom. The van der Waals surface area contributed by atoms with E-state index >= 15 is 0 Å². The van der Waals surface area contributed by atoms with E-state index in [4.69, 9.17) is 0 Å². The number of nitrogens with zero attached hydrogens (tertiary/aromatic N) is 4. The van der Waals surface area contributed by atoms with Crippen molar-refractivity contribution in [3.05, 3.63) is 59.7 Å². The lowest BCUT2D eigenvalue weighted by atomic mass is 10.1. The first-order valence-electron chi connectivity index (χ1n) is 10.2. The van der Waals surface area contributed by atoms with Gasteiger partial charge in [0.2, 0.25) is 0 Å². The molecule has 3 rings (SSSR count). The molecule has 10 nitrogen and oxygen atoms in total. The van der Waals surface area contributed by atoms with E-state index < -0.39 is 0 Å². The van der Waals surface area contributed by atoms with E-state index in [1.807, 2.05) is 0 Å². The van der Waals surface area contributed by atoms with Crippen LogP contribution in [0.1, 0.15) is 25.0 Å². The van der Waals surface area contributed by atoms with E-state index in [1.54, 1.807) is 62.4 Å². The molecule has 13 heteroatoms. The van der Waals surface area contributed by atoms with Crippen molar-refractivity contribution in [3.63, 3.8) is 0 Å². The summed E-state index contributed by atoms with van der Waals surface area (Å²) < 4.78 is 1.16. The van der Waals surface area contributed by atoms with E-state index in [1.165, 1.54) is 34.9 Å². The molecule has 0 aliphatic rings. The highest BCUT2D eigenvalue weighted by Crippen LogP contribution is 2.28. The number of benzene rings is 2. The SMILES string of the molecule is C/C(=N/NC(=O)CSc1nnc(SCC(=O)N/N=C(/C)c2ccccc2O)s1)c1ccccc1O. The summed E-state index contributed by atoms with van der Waals surface area (Å²) in [7, 11) is 0. The number of hydrogen-bond acceptors (Lipinski definition) is 11. The predicted molar refractivity (Wildman–Crippen MR) is 138 cm³/mol. The zero-order chi connectivity index (χ0) is 25.2. The molecule has 3 aromatic rings. The number of carbonyl (C=O) groups excluding carboxylic acids is 2. The third-order valence-corrected chi connectivity index (χ3v) is 7.52. The molecule has 0 fully saturated rings. The van der Waals surface area contributed by atoms with Crippen molar-refractivity contribution < 1.29 is 19.8 Å². The zero-order valence-corrected chi connectivity index (χ0v) is 21.2. The molecule has 0 aliphatic heterocycles. The summed E-state index contributed by atoms with van der Waals surface area (Å²) in [6.45, 7) is 3.37. The van der Waals surface area contributed by atoms with Crippen molar-refractivity contribution in [1.29, 1.82) is 0 Å². The van der Waals surface area contributed by atoms with Crippen LogP contribution in [0, 0.1) is 0 Å². The summed E-state index contributed by atoms with van der Waals surface area (Å²) in [6, 6.07) is 13.5. The first kappa shape index (κ1) is 26.2. The quantitative estimate of drug-likeness (QED) is 0.177. The van der Waals surface area contributed by atoms with Crippen LogP contribution < -0.4 is 10.9 Å². The Labute approximate surface area is 214 Å². The van der Waals surface area contributed by atoms with Crippen molar-refractivity contribution in [1.82, 2.24) is 21.0 Å². The highest BCUT2D eigenvalue weighted by Gasteiger charge is 2.11. The first-order chi connectivity index (χ1) is 16.8. The van der Waals surface area contributed by atoms with Crippen LogP contribution in [0.2, 0.25) is 0 Å². The zero-order valence-electron chi connectivity index (χ0n) is 18.8. The van der Waals surface area contributed by atoms with Gasteiger partial charge >= 0.3 is 0 Å². The van der Waals surface area contributed by atoms with Crippen molar-refractivity contribution in [2.45, 2.75) is 22.5 Å². The fourth-order valence-corrected chi connectivity index (χ4v) is 5.21. The van der Waals surface area contributed by atoms with Gasteiger partial charge in [0.1, 0.15) is 11.5 Å². The molecule has 0 saturated heterocycles. The van der Waals surface area contributed by atoms with E-state index in [-0.39, 0.29) is 34.8 Å². The Kier molecular flexibility index (Phi) is 9.64. The van der Waals surface area contributed by atoms with Crippen molar-refractivity contribution in [3.8, 4) is 11.5 Å². The molecule has 182 valence electrons. The molecule has 2 amide bonds. The largest absolute Gasteiger partial charge is 0.507 e. The maximum absolute atomic E-state index is 12.1. The number of aromatic nitrogens is 2. The maximum atomic E-state index is 12.1. The minimum absolute atomic E-state index is 0.0810. The number of thioether (sulfide) groups is 2. The maximum Gasteiger partial charge on any atom is 0.250 e. The molecule has 4 N–H and O–H groups in total. The number of phenols is 2. The van der Waals surface area contributed by atoms with Gasteiger partial charge in [-0.25, -0.2) is 10.9 Å². The number of aromatic hydroxyl groups is 2. The monoisotopic (exact) mass is 530 g/mol. The number of amides is 2. The number of para-hydroxylation sites is 2. The molecule has 35 heavy (non-hydrogen) atoms. The van der Waals surface area contributed by atoms with Crippen molar-refractivity contribution in [2.24, 2.45) is 10.2 Å². The average Bonchev–Trinajstić information content (AvgIpc) is 3.31. The third-order valence-electron chi connectivity index (χ3n) is 4.33. The lowest BCUT2D eigenvalue weighted by molar-refractivity contribution is -0.119. The van der Waals surface area contributed by atoms with Crippen LogP contribution in [0.5, 0.6) is 11.5 Å². The normalized spacial score (nSPS) is 11.8. The highest BCUT2D eigenvalue weighted by molar-refractivity contribution is 8.03. The summed E-state index contributed by atoms with van der Waals surface area (Å²) >= 11 is 3.67. The molecular formula is C22H22N6O4S3. The Balaban J connectivity index is 1.41. The second kappa shape index (κ2) is 12.9. The smallest absolute Gasteiger partial charge is 0.250 e. The van der Waals surface area contributed by atoms with Gasteiger partial charge in [0, 0.05) is 11.1 Å². The molecule has 0 unspecified atom stereocenters. The lowest BCUT2D eigenvalue weighted by Gasteiger charge is -2.04. The molecule has 0 bridgehead atoms.